The monoisotopic (exact) mass is 295 g/mol. The maximum Gasteiger partial charge on any atom is 0.452 e. The Balaban J connectivity index is 2.26. The van der Waals surface area contributed by atoms with E-state index in [0.717, 1.165) is 11.1 Å². The van der Waals surface area contributed by atoms with Crippen LogP contribution >= 0.6 is 0 Å². The van der Waals surface area contributed by atoms with Crippen molar-refractivity contribution in [2.45, 2.75) is 6.92 Å². The summed E-state index contributed by atoms with van der Waals surface area (Å²) < 4.78 is 4.68. The van der Waals surface area contributed by atoms with Gasteiger partial charge in [0, 0.05) is 10.6 Å². The molecule has 0 aromatic heterocycles. The molecule has 0 aliphatic heterocycles. The molecule has 2 aromatic carbocycles. The van der Waals surface area contributed by atoms with E-state index in [0.29, 0.717) is 11.4 Å². The van der Waals surface area contributed by atoms with E-state index in [1.165, 1.54) is 0 Å². The molecule has 0 aliphatic rings. The minimum Gasteiger partial charge on any atom is -0.447 e. The fourth-order valence-electron chi connectivity index (χ4n) is 1.80. The van der Waals surface area contributed by atoms with Crippen molar-refractivity contribution < 1.29 is 9.53 Å². The van der Waals surface area contributed by atoms with E-state index in [-0.39, 0.29) is 6.61 Å². The van der Waals surface area contributed by atoms with E-state index in [9.17, 15) is 4.79 Å². The first-order chi connectivity index (χ1) is 10.7. The van der Waals surface area contributed by atoms with E-state index in [1.54, 1.807) is 43.3 Å². The number of hydrogen-bond acceptors (Lipinski definition) is 4. The Hall–Kier alpha value is -3.18. The molecule has 0 spiro atoms. The van der Waals surface area contributed by atoms with E-state index in [4.69, 9.17) is 5.53 Å². The number of benzene rings is 2. The van der Waals surface area contributed by atoms with Crippen molar-refractivity contribution in [3.8, 4) is 11.1 Å². The fourth-order valence-corrected chi connectivity index (χ4v) is 1.80. The minimum absolute atomic E-state index is 0.254. The van der Waals surface area contributed by atoms with Crippen molar-refractivity contribution in [1.82, 2.24) is 0 Å². The molecule has 0 aliphatic carbocycles. The second-order valence-corrected chi connectivity index (χ2v) is 4.19. The molecule has 0 saturated heterocycles. The molecule has 0 unspecified atom stereocenters. The highest BCUT2D eigenvalue weighted by atomic mass is 16.5. The van der Waals surface area contributed by atoms with Crippen LogP contribution in [0.1, 0.15) is 6.92 Å². The van der Waals surface area contributed by atoms with Crippen LogP contribution in [0.25, 0.3) is 21.6 Å². The highest BCUT2D eigenvalue weighted by molar-refractivity contribution is 5.71. The second kappa shape index (κ2) is 7.56. The lowest BCUT2D eigenvalue weighted by atomic mass is 10.0. The van der Waals surface area contributed by atoms with Crippen LogP contribution in [0.5, 0.6) is 0 Å². The van der Waals surface area contributed by atoms with E-state index in [2.05, 4.69) is 25.0 Å². The summed E-state index contributed by atoms with van der Waals surface area (Å²) >= 11 is 0. The second-order valence-electron chi connectivity index (χ2n) is 4.19. The third-order valence-corrected chi connectivity index (χ3v) is 2.70. The van der Waals surface area contributed by atoms with Gasteiger partial charge in [0.25, 0.3) is 0 Å². The molecule has 7 nitrogen and oxygen atoms in total. The lowest BCUT2D eigenvalue weighted by Gasteiger charge is -2.03. The predicted octanol–water partition coefficient (Wildman–Crippen LogP) is 5.54. The van der Waals surface area contributed by atoms with Gasteiger partial charge in [-0.05, 0) is 41.8 Å². The zero-order valence-corrected chi connectivity index (χ0v) is 11.9. The Morgan fingerprint density at radius 3 is 2.41 bits per heavy atom. The first-order valence-corrected chi connectivity index (χ1v) is 6.57. The molecular formula is C15H13N5O2. The van der Waals surface area contributed by atoms with Crippen molar-refractivity contribution in [3.05, 3.63) is 59.0 Å². The molecule has 0 fully saturated rings. The summed E-state index contributed by atoms with van der Waals surface area (Å²) in [7, 11) is 0. The third kappa shape index (κ3) is 4.16. The zero-order valence-electron chi connectivity index (χ0n) is 11.9. The molecular weight excluding hydrogens is 282 g/mol. The molecule has 0 heterocycles. The van der Waals surface area contributed by atoms with Crippen LogP contribution in [0, 0.1) is 0 Å². The van der Waals surface area contributed by atoms with Gasteiger partial charge >= 0.3 is 6.09 Å². The number of hydrogen-bond donors (Lipinski definition) is 0. The smallest absolute Gasteiger partial charge is 0.447 e. The van der Waals surface area contributed by atoms with Gasteiger partial charge in [-0.25, -0.2) is 4.79 Å². The van der Waals surface area contributed by atoms with E-state index < -0.39 is 6.09 Å². The molecule has 0 N–H and O–H groups in total. The summed E-state index contributed by atoms with van der Waals surface area (Å²) in [5.74, 6) is 0. The number of amides is 1. The molecule has 110 valence electrons. The highest BCUT2D eigenvalue weighted by Crippen LogP contribution is 2.27. The van der Waals surface area contributed by atoms with Gasteiger partial charge in [0.15, 0.2) is 0 Å². The number of azo groups is 1. The Morgan fingerprint density at radius 2 is 1.77 bits per heavy atom. The van der Waals surface area contributed by atoms with E-state index >= 15 is 0 Å². The maximum absolute atomic E-state index is 11.2. The molecule has 0 saturated carbocycles. The maximum atomic E-state index is 11.2. The van der Waals surface area contributed by atoms with Crippen molar-refractivity contribution >= 4 is 17.5 Å². The van der Waals surface area contributed by atoms with Gasteiger partial charge in [-0.2, -0.15) is 0 Å². The van der Waals surface area contributed by atoms with Gasteiger partial charge < -0.3 is 4.74 Å². The normalized spacial score (nSPS) is 10.2. The fraction of sp³-hybridized carbons (Fsp3) is 0.133. The van der Waals surface area contributed by atoms with Crippen molar-refractivity contribution in [2.75, 3.05) is 6.61 Å². The summed E-state index contributed by atoms with van der Waals surface area (Å²) in [5, 5.41) is 10.9. The number of carbonyl (C=O) groups is 1. The number of carbonyl (C=O) groups excluding carboxylic acids is 1. The number of ether oxygens (including phenoxy) is 1. The molecule has 2 rings (SSSR count). The van der Waals surface area contributed by atoms with Gasteiger partial charge in [-0.15, -0.1) is 5.11 Å². The molecule has 0 atom stereocenters. The largest absolute Gasteiger partial charge is 0.452 e. The molecule has 2 aromatic rings. The Morgan fingerprint density at radius 1 is 1.14 bits per heavy atom. The quantitative estimate of drug-likeness (QED) is 0.420. The van der Waals surface area contributed by atoms with Gasteiger partial charge in [-0.3, -0.25) is 0 Å². The van der Waals surface area contributed by atoms with Gasteiger partial charge in [0.05, 0.1) is 12.3 Å². The van der Waals surface area contributed by atoms with Crippen LogP contribution in [0.3, 0.4) is 0 Å². The van der Waals surface area contributed by atoms with Crippen molar-refractivity contribution in [1.29, 1.82) is 0 Å². The Kier molecular flexibility index (Phi) is 5.23. The van der Waals surface area contributed by atoms with Gasteiger partial charge in [0.1, 0.15) is 0 Å². The predicted molar refractivity (Wildman–Crippen MR) is 82.2 cm³/mol. The molecule has 0 radical (unpaired) electrons. The Labute approximate surface area is 126 Å². The summed E-state index contributed by atoms with van der Waals surface area (Å²) in [6, 6.07) is 14.4. The number of azide groups is 1. The van der Waals surface area contributed by atoms with Crippen LogP contribution < -0.4 is 0 Å². The lowest BCUT2D eigenvalue weighted by Crippen LogP contribution is -1.95. The third-order valence-electron chi connectivity index (χ3n) is 2.70. The van der Waals surface area contributed by atoms with Crippen molar-refractivity contribution in [3.63, 3.8) is 0 Å². The van der Waals surface area contributed by atoms with Crippen LogP contribution in [0.15, 0.2) is 63.9 Å². The molecule has 0 bridgehead atoms. The summed E-state index contributed by atoms with van der Waals surface area (Å²) in [6.07, 6.45) is -0.724. The number of nitrogens with zero attached hydrogens (tertiary/aromatic N) is 5. The van der Waals surface area contributed by atoms with Gasteiger partial charge in [-0.1, -0.05) is 40.6 Å². The first kappa shape index (κ1) is 15.2. The van der Waals surface area contributed by atoms with Crippen LogP contribution in [-0.2, 0) is 4.74 Å². The lowest BCUT2D eigenvalue weighted by molar-refractivity contribution is 0.162. The van der Waals surface area contributed by atoms with Gasteiger partial charge in [0.2, 0.25) is 0 Å². The average Bonchev–Trinajstić information content (AvgIpc) is 2.54. The van der Waals surface area contributed by atoms with Crippen molar-refractivity contribution in [2.24, 2.45) is 15.3 Å². The molecule has 7 heteroatoms. The average molecular weight is 295 g/mol. The molecule has 22 heavy (non-hydrogen) atoms. The Bertz CT molecular complexity index is 751. The summed E-state index contributed by atoms with van der Waals surface area (Å²) in [5.41, 5.74) is 11.3. The SMILES string of the molecule is CCOC(=O)N=Nc1cccc(-c2cccc(N=[N+]=[N-])c2)c1. The molecule has 1 amide bonds. The minimum atomic E-state index is -0.724. The van der Waals surface area contributed by atoms with Crippen LogP contribution in [-0.4, -0.2) is 12.7 Å². The standard InChI is InChI=1S/C15H13N5O2/c1-2-22-15(21)19-17-13-7-3-5-11(9-13)12-6-4-8-14(10-12)18-20-16/h3-10H,2H2,1H3. The summed E-state index contributed by atoms with van der Waals surface area (Å²) in [4.78, 5) is 13.9. The van der Waals surface area contributed by atoms with Crippen LogP contribution in [0.4, 0.5) is 16.2 Å². The summed E-state index contributed by atoms with van der Waals surface area (Å²) in [6.45, 7) is 1.95. The zero-order chi connectivity index (χ0) is 15.8. The highest BCUT2D eigenvalue weighted by Gasteiger charge is 2.01. The first-order valence-electron chi connectivity index (χ1n) is 6.57. The van der Waals surface area contributed by atoms with Crippen LogP contribution in [0.2, 0.25) is 0 Å². The number of rotatable bonds is 4. The topological polar surface area (TPSA) is 99.8 Å². The van der Waals surface area contributed by atoms with E-state index in [1.807, 2.05) is 12.1 Å².